The lowest BCUT2D eigenvalue weighted by atomic mass is 10.1. The van der Waals surface area contributed by atoms with E-state index in [0.29, 0.717) is 11.0 Å². The van der Waals surface area contributed by atoms with Crippen LogP contribution in [0.25, 0.3) is 0 Å². The quantitative estimate of drug-likeness (QED) is 0.367. The van der Waals surface area contributed by atoms with Gasteiger partial charge in [0.05, 0.1) is 4.92 Å². The average molecular weight is 304 g/mol. The van der Waals surface area contributed by atoms with E-state index in [-0.39, 0.29) is 5.69 Å². The third-order valence-electron chi connectivity index (χ3n) is 3.00. The van der Waals surface area contributed by atoms with Gasteiger partial charge >= 0.3 is 0 Å². The van der Waals surface area contributed by atoms with Crippen molar-refractivity contribution in [1.82, 2.24) is 9.88 Å². The van der Waals surface area contributed by atoms with Crippen molar-refractivity contribution in [3.63, 3.8) is 0 Å². The average Bonchev–Trinajstić information content (AvgIpc) is 3.00. The summed E-state index contributed by atoms with van der Waals surface area (Å²) in [7, 11) is 0. The summed E-state index contributed by atoms with van der Waals surface area (Å²) in [4.78, 5) is 21.3. The highest BCUT2D eigenvalue weighted by Crippen LogP contribution is 2.20. The number of rotatable bonds is 5. The Labute approximate surface area is 126 Å². The van der Waals surface area contributed by atoms with Crippen LogP contribution in [-0.2, 0) is 0 Å². The molecular formula is C14H16N4O2S. The first-order chi connectivity index (χ1) is 10.2. The lowest BCUT2D eigenvalue weighted by molar-refractivity contribution is -0.384. The number of nitrogens with zero attached hydrogens (tertiary/aromatic N) is 4. The molecule has 2 aromatic rings. The molecule has 0 saturated heterocycles. The predicted octanol–water partition coefficient (Wildman–Crippen LogP) is 3.47. The molecule has 0 aliphatic rings. The van der Waals surface area contributed by atoms with Crippen molar-refractivity contribution in [2.24, 2.45) is 4.99 Å². The fraction of sp³-hybridized carbons (Fsp3) is 0.286. The van der Waals surface area contributed by atoms with Gasteiger partial charge in [-0.1, -0.05) is 12.1 Å². The summed E-state index contributed by atoms with van der Waals surface area (Å²) in [6.07, 6.45) is 1.69. The van der Waals surface area contributed by atoms with Gasteiger partial charge in [0.25, 0.3) is 5.69 Å². The summed E-state index contributed by atoms with van der Waals surface area (Å²) >= 11 is 1.44. The minimum Gasteiger partial charge on any atom is -0.357 e. The van der Waals surface area contributed by atoms with E-state index in [1.54, 1.807) is 18.3 Å². The number of hydrogen-bond acceptors (Lipinski definition) is 5. The van der Waals surface area contributed by atoms with E-state index in [9.17, 15) is 10.1 Å². The van der Waals surface area contributed by atoms with E-state index < -0.39 is 4.92 Å². The minimum atomic E-state index is -0.396. The fourth-order valence-electron chi connectivity index (χ4n) is 1.96. The van der Waals surface area contributed by atoms with Crippen molar-refractivity contribution < 1.29 is 4.92 Å². The monoisotopic (exact) mass is 304 g/mol. The molecule has 1 aromatic carbocycles. The van der Waals surface area contributed by atoms with Gasteiger partial charge in [-0.15, -0.1) is 11.3 Å². The molecular weight excluding hydrogens is 288 g/mol. The van der Waals surface area contributed by atoms with Gasteiger partial charge < -0.3 is 4.90 Å². The number of thiazole rings is 1. The Kier molecular flexibility index (Phi) is 4.99. The van der Waals surface area contributed by atoms with E-state index in [1.165, 1.54) is 17.4 Å². The molecule has 6 nitrogen and oxygen atoms in total. The highest BCUT2D eigenvalue weighted by molar-refractivity contribution is 7.13. The molecule has 110 valence electrons. The molecule has 1 aromatic heterocycles. The molecule has 0 aliphatic carbocycles. The minimum absolute atomic E-state index is 0.0616. The first-order valence-electron chi connectivity index (χ1n) is 6.63. The van der Waals surface area contributed by atoms with Crippen LogP contribution < -0.4 is 0 Å². The Morgan fingerprint density at radius 1 is 1.43 bits per heavy atom. The molecule has 0 amide bonds. The lowest BCUT2D eigenvalue weighted by Crippen LogP contribution is -2.31. The van der Waals surface area contributed by atoms with Crippen LogP contribution in [0.1, 0.15) is 19.4 Å². The van der Waals surface area contributed by atoms with Crippen LogP contribution in [0.3, 0.4) is 0 Å². The molecule has 0 spiro atoms. The van der Waals surface area contributed by atoms with Crippen molar-refractivity contribution >= 4 is 28.0 Å². The predicted molar refractivity (Wildman–Crippen MR) is 84.3 cm³/mol. The van der Waals surface area contributed by atoms with Gasteiger partial charge in [-0.3, -0.25) is 10.1 Å². The van der Waals surface area contributed by atoms with Gasteiger partial charge in [0.1, 0.15) is 5.84 Å². The standard InChI is InChI=1S/C14H16N4O2S/c1-3-17(4-2)13(16-14-15-8-9-21-14)11-6-5-7-12(10-11)18(19)20/h5-10H,3-4H2,1-2H3. The fourth-order valence-corrected chi connectivity index (χ4v) is 2.47. The normalized spacial score (nSPS) is 11.4. The van der Waals surface area contributed by atoms with Crippen LogP contribution >= 0.6 is 11.3 Å². The molecule has 0 radical (unpaired) electrons. The number of benzene rings is 1. The van der Waals surface area contributed by atoms with Gasteiger partial charge in [-0.2, -0.15) is 0 Å². The van der Waals surface area contributed by atoms with Crippen LogP contribution in [0.5, 0.6) is 0 Å². The van der Waals surface area contributed by atoms with Gasteiger partial charge in [0, 0.05) is 42.4 Å². The van der Waals surface area contributed by atoms with Crippen molar-refractivity contribution in [1.29, 1.82) is 0 Å². The number of aromatic nitrogens is 1. The Bertz CT molecular complexity index is 636. The summed E-state index contributed by atoms with van der Waals surface area (Å²) in [6, 6.07) is 6.53. The second kappa shape index (κ2) is 6.94. The van der Waals surface area contributed by atoms with E-state index >= 15 is 0 Å². The molecule has 0 unspecified atom stereocenters. The summed E-state index contributed by atoms with van der Waals surface area (Å²) in [5, 5.41) is 13.4. The van der Waals surface area contributed by atoms with E-state index in [0.717, 1.165) is 18.7 Å². The number of non-ortho nitro benzene ring substituents is 1. The summed E-state index contributed by atoms with van der Waals surface area (Å²) in [5.74, 6) is 0.707. The van der Waals surface area contributed by atoms with Crippen LogP contribution in [0.2, 0.25) is 0 Å². The zero-order valence-electron chi connectivity index (χ0n) is 11.9. The van der Waals surface area contributed by atoms with E-state index in [1.807, 2.05) is 25.3 Å². The molecule has 0 N–H and O–H groups in total. The summed E-state index contributed by atoms with van der Waals surface area (Å²) in [5.41, 5.74) is 0.787. The van der Waals surface area contributed by atoms with Gasteiger partial charge in [-0.25, -0.2) is 9.98 Å². The highest BCUT2D eigenvalue weighted by Gasteiger charge is 2.15. The number of hydrogen-bond donors (Lipinski definition) is 0. The van der Waals surface area contributed by atoms with Crippen molar-refractivity contribution in [2.45, 2.75) is 13.8 Å². The molecule has 0 saturated carbocycles. The maximum Gasteiger partial charge on any atom is 0.270 e. The van der Waals surface area contributed by atoms with Crippen molar-refractivity contribution in [3.8, 4) is 0 Å². The zero-order valence-corrected chi connectivity index (χ0v) is 12.7. The maximum absolute atomic E-state index is 10.9. The van der Waals surface area contributed by atoms with Crippen LogP contribution in [0.4, 0.5) is 10.8 Å². The lowest BCUT2D eigenvalue weighted by Gasteiger charge is -2.22. The Morgan fingerprint density at radius 2 is 2.19 bits per heavy atom. The third-order valence-corrected chi connectivity index (χ3v) is 3.66. The zero-order chi connectivity index (χ0) is 15.2. The molecule has 21 heavy (non-hydrogen) atoms. The van der Waals surface area contributed by atoms with Crippen LogP contribution in [-0.4, -0.2) is 33.7 Å². The van der Waals surface area contributed by atoms with E-state index in [2.05, 4.69) is 14.9 Å². The maximum atomic E-state index is 10.9. The Balaban J connectivity index is 2.49. The molecule has 0 aliphatic heterocycles. The summed E-state index contributed by atoms with van der Waals surface area (Å²) in [6.45, 7) is 5.59. The molecule has 0 atom stereocenters. The second-order valence-electron chi connectivity index (χ2n) is 4.23. The number of amidine groups is 1. The number of aliphatic imine (C=N–C) groups is 1. The van der Waals surface area contributed by atoms with Gasteiger partial charge in [0.15, 0.2) is 0 Å². The number of nitro benzene ring substituents is 1. The first kappa shape index (κ1) is 15.1. The smallest absolute Gasteiger partial charge is 0.270 e. The first-order valence-corrected chi connectivity index (χ1v) is 7.51. The second-order valence-corrected chi connectivity index (χ2v) is 5.10. The molecule has 7 heteroatoms. The van der Waals surface area contributed by atoms with Crippen LogP contribution in [0.15, 0.2) is 40.8 Å². The van der Waals surface area contributed by atoms with Gasteiger partial charge in [-0.05, 0) is 13.8 Å². The highest BCUT2D eigenvalue weighted by atomic mass is 32.1. The number of nitro groups is 1. The van der Waals surface area contributed by atoms with Gasteiger partial charge in [0.2, 0.25) is 5.13 Å². The van der Waals surface area contributed by atoms with Crippen molar-refractivity contribution in [3.05, 3.63) is 51.5 Å². The Hall–Kier alpha value is -2.28. The SMILES string of the molecule is CCN(CC)C(=Nc1nccs1)c1cccc([N+](=O)[O-])c1. The van der Waals surface area contributed by atoms with E-state index in [4.69, 9.17) is 0 Å². The third kappa shape index (κ3) is 3.63. The topological polar surface area (TPSA) is 71.6 Å². The molecule has 2 rings (SSSR count). The largest absolute Gasteiger partial charge is 0.357 e. The molecule has 0 bridgehead atoms. The molecule has 0 fully saturated rings. The summed E-state index contributed by atoms with van der Waals surface area (Å²) < 4.78 is 0. The Morgan fingerprint density at radius 3 is 2.76 bits per heavy atom. The van der Waals surface area contributed by atoms with Crippen LogP contribution in [0, 0.1) is 10.1 Å². The van der Waals surface area contributed by atoms with Crippen molar-refractivity contribution in [2.75, 3.05) is 13.1 Å². The molecule has 1 heterocycles.